The topological polar surface area (TPSA) is 104 Å². The van der Waals surface area contributed by atoms with Crippen LogP contribution >= 0.6 is 11.3 Å². The quantitative estimate of drug-likeness (QED) is 0.672. The molecular weight excluding hydrogens is 290 g/mol. The Morgan fingerprint density at radius 1 is 1.29 bits per heavy atom. The number of amides is 1. The van der Waals surface area contributed by atoms with Gasteiger partial charge in [-0.3, -0.25) is 14.7 Å². The molecule has 108 valence electrons. The molecule has 0 saturated heterocycles. The van der Waals surface area contributed by atoms with Gasteiger partial charge in [0.2, 0.25) is 0 Å². The number of carbonyl (C=O) groups is 1. The molecule has 0 radical (unpaired) electrons. The van der Waals surface area contributed by atoms with Crippen LogP contribution in [-0.4, -0.2) is 26.1 Å². The van der Waals surface area contributed by atoms with Crippen LogP contribution in [-0.2, 0) is 0 Å². The van der Waals surface area contributed by atoms with Crippen LogP contribution in [0.3, 0.4) is 0 Å². The molecule has 3 N–H and O–H groups in total. The van der Waals surface area contributed by atoms with Crippen LogP contribution in [0, 0.1) is 20.8 Å². The maximum atomic E-state index is 12.4. The van der Waals surface area contributed by atoms with Crippen LogP contribution in [0.1, 0.15) is 26.5 Å². The normalized spacial score (nSPS) is 11.0. The highest BCUT2D eigenvalue weighted by Crippen LogP contribution is 2.27. The van der Waals surface area contributed by atoms with E-state index in [2.05, 4.69) is 25.5 Å². The van der Waals surface area contributed by atoms with Gasteiger partial charge in [-0.15, -0.1) is 11.3 Å². The Labute approximate surface area is 123 Å². The third kappa shape index (κ3) is 2.13. The van der Waals surface area contributed by atoms with Gasteiger partial charge in [-0.1, -0.05) is 0 Å². The van der Waals surface area contributed by atoms with Crippen molar-refractivity contribution in [1.82, 2.24) is 20.2 Å². The highest BCUT2D eigenvalue weighted by atomic mass is 32.1. The number of hydrogen-bond acceptors (Lipinski definition) is 5. The first kappa shape index (κ1) is 13.5. The highest BCUT2D eigenvalue weighted by Gasteiger charge is 2.19. The predicted octanol–water partition coefficient (Wildman–Crippen LogP) is 1.89. The molecule has 0 fully saturated rings. The molecule has 21 heavy (non-hydrogen) atoms. The average molecular weight is 303 g/mol. The average Bonchev–Trinajstić information content (AvgIpc) is 2.95. The van der Waals surface area contributed by atoms with E-state index in [-0.39, 0.29) is 11.5 Å². The number of aromatic amines is 2. The van der Waals surface area contributed by atoms with E-state index in [0.717, 1.165) is 11.3 Å². The van der Waals surface area contributed by atoms with E-state index in [4.69, 9.17) is 0 Å². The molecule has 7 nitrogen and oxygen atoms in total. The second-order valence-electron chi connectivity index (χ2n) is 4.74. The molecule has 0 unspecified atom stereocenters. The first-order chi connectivity index (χ1) is 9.99. The molecule has 0 atom stereocenters. The van der Waals surface area contributed by atoms with Crippen molar-refractivity contribution in [3.63, 3.8) is 0 Å². The summed E-state index contributed by atoms with van der Waals surface area (Å²) >= 11 is 1.20. The zero-order valence-electron chi connectivity index (χ0n) is 11.7. The summed E-state index contributed by atoms with van der Waals surface area (Å²) in [5.74, 6) is 0.209. The summed E-state index contributed by atoms with van der Waals surface area (Å²) in [7, 11) is 0. The van der Waals surface area contributed by atoms with Crippen molar-refractivity contribution >= 4 is 33.3 Å². The number of rotatable bonds is 2. The van der Waals surface area contributed by atoms with Gasteiger partial charge in [-0.25, -0.2) is 4.98 Å². The first-order valence-corrected chi connectivity index (χ1v) is 7.10. The molecule has 3 aromatic heterocycles. The molecular formula is C13H13N5O2S. The SMILES string of the molecule is Cc1[nH]nc(NC(=O)c2sc3nc[nH]c(=O)c3c2C)c1C. The van der Waals surface area contributed by atoms with Gasteiger partial charge in [0.25, 0.3) is 11.5 Å². The Morgan fingerprint density at radius 3 is 2.67 bits per heavy atom. The Balaban J connectivity index is 2.03. The number of hydrogen-bond donors (Lipinski definition) is 3. The van der Waals surface area contributed by atoms with Crippen molar-refractivity contribution in [2.24, 2.45) is 0 Å². The summed E-state index contributed by atoms with van der Waals surface area (Å²) in [6, 6.07) is 0. The van der Waals surface area contributed by atoms with Gasteiger partial charge in [-0.05, 0) is 26.3 Å². The number of nitrogens with zero attached hydrogens (tertiary/aromatic N) is 2. The molecule has 0 aliphatic carbocycles. The second kappa shape index (κ2) is 4.81. The number of anilines is 1. The Hall–Kier alpha value is -2.48. The number of H-pyrrole nitrogens is 2. The fraction of sp³-hybridized carbons (Fsp3) is 0.231. The summed E-state index contributed by atoms with van der Waals surface area (Å²) in [4.78, 5) is 31.8. The smallest absolute Gasteiger partial charge is 0.267 e. The molecule has 0 saturated carbocycles. The zero-order chi connectivity index (χ0) is 15.1. The van der Waals surface area contributed by atoms with Crippen molar-refractivity contribution in [2.75, 3.05) is 5.32 Å². The monoisotopic (exact) mass is 303 g/mol. The van der Waals surface area contributed by atoms with Crippen molar-refractivity contribution < 1.29 is 4.79 Å². The highest BCUT2D eigenvalue weighted by molar-refractivity contribution is 7.20. The predicted molar refractivity (Wildman–Crippen MR) is 81.0 cm³/mol. The number of thiophene rings is 1. The van der Waals surface area contributed by atoms with Crippen LogP contribution in [0.2, 0.25) is 0 Å². The number of carbonyl (C=O) groups excluding carboxylic acids is 1. The molecule has 3 heterocycles. The fourth-order valence-electron chi connectivity index (χ4n) is 2.07. The molecule has 0 aromatic carbocycles. The molecule has 0 aliphatic rings. The van der Waals surface area contributed by atoms with Gasteiger partial charge in [0.15, 0.2) is 5.82 Å². The van der Waals surface area contributed by atoms with Crippen LogP contribution in [0.4, 0.5) is 5.82 Å². The third-order valence-electron chi connectivity index (χ3n) is 3.42. The minimum atomic E-state index is -0.287. The van der Waals surface area contributed by atoms with E-state index in [1.165, 1.54) is 17.7 Å². The minimum absolute atomic E-state index is 0.236. The van der Waals surface area contributed by atoms with E-state index >= 15 is 0 Å². The van der Waals surface area contributed by atoms with Gasteiger partial charge in [0.05, 0.1) is 16.6 Å². The Morgan fingerprint density at radius 2 is 2.05 bits per heavy atom. The van der Waals surface area contributed by atoms with E-state index in [0.29, 0.717) is 26.5 Å². The van der Waals surface area contributed by atoms with Crippen molar-refractivity contribution in [3.8, 4) is 0 Å². The standard InChI is InChI=1S/C13H13N5O2S/c1-5-7(3)17-18-10(5)16-12(20)9-6(2)8-11(19)14-4-15-13(8)21-9/h4H,1-3H3,(H,14,15,19)(H2,16,17,18,20). The van der Waals surface area contributed by atoms with Gasteiger partial charge >= 0.3 is 0 Å². The molecule has 0 aliphatic heterocycles. The lowest BCUT2D eigenvalue weighted by atomic mass is 10.2. The second-order valence-corrected chi connectivity index (χ2v) is 5.74. The van der Waals surface area contributed by atoms with E-state index in [9.17, 15) is 9.59 Å². The molecule has 0 spiro atoms. The zero-order valence-corrected chi connectivity index (χ0v) is 12.5. The molecule has 8 heteroatoms. The summed E-state index contributed by atoms with van der Waals surface area (Å²) in [5, 5.41) is 10.1. The lowest BCUT2D eigenvalue weighted by Gasteiger charge is -2.02. The number of aryl methyl sites for hydroxylation is 2. The summed E-state index contributed by atoms with van der Waals surface area (Å²) in [6.07, 6.45) is 1.34. The molecule has 3 rings (SSSR count). The summed E-state index contributed by atoms with van der Waals surface area (Å²) in [6.45, 7) is 5.50. The molecule has 3 aromatic rings. The largest absolute Gasteiger partial charge is 0.313 e. The van der Waals surface area contributed by atoms with E-state index in [1.54, 1.807) is 6.92 Å². The number of nitrogens with one attached hydrogen (secondary N) is 3. The van der Waals surface area contributed by atoms with Gasteiger partial charge in [0.1, 0.15) is 4.83 Å². The Kier molecular flexibility index (Phi) is 3.09. The lowest BCUT2D eigenvalue weighted by molar-refractivity contribution is 0.102. The van der Waals surface area contributed by atoms with Crippen molar-refractivity contribution in [3.05, 3.63) is 38.4 Å². The van der Waals surface area contributed by atoms with Crippen molar-refractivity contribution in [2.45, 2.75) is 20.8 Å². The maximum absolute atomic E-state index is 12.4. The lowest BCUT2D eigenvalue weighted by Crippen LogP contribution is -2.13. The van der Waals surface area contributed by atoms with E-state index < -0.39 is 0 Å². The number of aromatic nitrogens is 4. The Bertz CT molecular complexity index is 905. The van der Waals surface area contributed by atoms with Crippen LogP contribution in [0.5, 0.6) is 0 Å². The fourth-order valence-corrected chi connectivity index (χ4v) is 3.11. The third-order valence-corrected chi connectivity index (χ3v) is 4.62. The summed E-state index contributed by atoms with van der Waals surface area (Å²) in [5.41, 5.74) is 2.18. The van der Waals surface area contributed by atoms with E-state index in [1.807, 2.05) is 13.8 Å². The van der Waals surface area contributed by atoms with Gasteiger partial charge in [-0.2, -0.15) is 5.10 Å². The van der Waals surface area contributed by atoms with Gasteiger partial charge in [0, 0.05) is 11.3 Å². The minimum Gasteiger partial charge on any atom is -0.313 e. The molecule has 0 bridgehead atoms. The van der Waals surface area contributed by atoms with Crippen LogP contribution < -0.4 is 10.9 Å². The van der Waals surface area contributed by atoms with Crippen molar-refractivity contribution in [1.29, 1.82) is 0 Å². The maximum Gasteiger partial charge on any atom is 0.267 e. The number of fused-ring (bicyclic) bond motifs is 1. The van der Waals surface area contributed by atoms with Crippen LogP contribution in [0.25, 0.3) is 10.2 Å². The van der Waals surface area contributed by atoms with Crippen LogP contribution in [0.15, 0.2) is 11.1 Å². The first-order valence-electron chi connectivity index (χ1n) is 6.28. The molecule has 1 amide bonds. The van der Waals surface area contributed by atoms with Gasteiger partial charge < -0.3 is 10.3 Å². The summed E-state index contributed by atoms with van der Waals surface area (Å²) < 4.78 is 0.